The average molecular weight is 153 g/mol. The molecule has 5 N–H and O–H groups in total. The zero-order valence-corrected chi connectivity index (χ0v) is 6.33. The second-order valence-corrected chi connectivity index (χ2v) is 1.06. The van der Waals surface area contributed by atoms with Gasteiger partial charge in [-0.15, -0.1) is 0 Å². The lowest BCUT2D eigenvalue weighted by Crippen LogP contribution is -1.84. The summed E-state index contributed by atoms with van der Waals surface area (Å²) < 4.78 is 4.83. The molecular formula is C5H15NO4. The van der Waals surface area contributed by atoms with E-state index in [-0.39, 0.29) is 6.15 Å². The van der Waals surface area contributed by atoms with Crippen molar-refractivity contribution in [2.24, 2.45) is 0 Å². The van der Waals surface area contributed by atoms with Gasteiger partial charge in [0.2, 0.25) is 0 Å². The summed E-state index contributed by atoms with van der Waals surface area (Å²) in [5.41, 5.74) is 0. The molecule has 0 aromatic carbocycles. The van der Waals surface area contributed by atoms with E-state index in [4.69, 9.17) is 19.7 Å². The first-order valence-electron chi connectivity index (χ1n) is 2.64. The molecule has 0 unspecified atom stereocenters. The molecule has 0 aromatic heterocycles. The van der Waals surface area contributed by atoms with Crippen molar-refractivity contribution in [3.8, 4) is 0 Å². The van der Waals surface area contributed by atoms with E-state index in [9.17, 15) is 0 Å². The van der Waals surface area contributed by atoms with E-state index >= 15 is 0 Å². The van der Waals surface area contributed by atoms with Crippen LogP contribution in [-0.2, 0) is 4.74 Å². The summed E-state index contributed by atoms with van der Waals surface area (Å²) in [6.45, 7) is 5.67. The molecule has 0 atom stereocenters. The molecule has 0 aliphatic heterocycles. The van der Waals surface area contributed by atoms with Gasteiger partial charge in [0.1, 0.15) is 0 Å². The van der Waals surface area contributed by atoms with Crippen LogP contribution in [0.5, 0.6) is 0 Å². The van der Waals surface area contributed by atoms with E-state index in [1.807, 2.05) is 13.8 Å². The Morgan fingerprint density at radius 3 is 1.50 bits per heavy atom. The zero-order valence-electron chi connectivity index (χ0n) is 6.33. The highest BCUT2D eigenvalue weighted by molar-refractivity contribution is 5.53. The molecule has 10 heavy (non-hydrogen) atoms. The average Bonchev–Trinajstić information content (AvgIpc) is 1.66. The molecule has 0 rings (SSSR count). The maximum Gasteiger partial charge on any atom is 0.503 e. The van der Waals surface area contributed by atoms with Crippen molar-refractivity contribution in [3.63, 3.8) is 0 Å². The maximum atomic E-state index is 8.56. The molecule has 64 valence electrons. The van der Waals surface area contributed by atoms with Gasteiger partial charge in [-0.05, 0) is 13.8 Å². The lowest BCUT2D eigenvalue weighted by Gasteiger charge is -1.86. The largest absolute Gasteiger partial charge is 0.503 e. The van der Waals surface area contributed by atoms with Crippen molar-refractivity contribution in [2.75, 3.05) is 13.2 Å². The van der Waals surface area contributed by atoms with Crippen LogP contribution in [0.15, 0.2) is 0 Å². The molecule has 0 heterocycles. The number of ether oxygens (including phenoxy) is 1. The van der Waals surface area contributed by atoms with Gasteiger partial charge >= 0.3 is 6.16 Å². The van der Waals surface area contributed by atoms with E-state index in [1.165, 1.54) is 0 Å². The van der Waals surface area contributed by atoms with Gasteiger partial charge in [0.05, 0.1) is 0 Å². The standard InChI is InChI=1S/C4H10O.CH2O3.H3N/c1-3-5-4-2;2-1(3)4;/h3-4H2,1-2H3;(H2,2,3,4);1H3. The third-order valence-corrected chi connectivity index (χ3v) is 0.408. The van der Waals surface area contributed by atoms with Gasteiger partial charge in [-0.25, -0.2) is 4.79 Å². The second-order valence-electron chi connectivity index (χ2n) is 1.06. The summed E-state index contributed by atoms with van der Waals surface area (Å²) in [7, 11) is 0. The monoisotopic (exact) mass is 153 g/mol. The van der Waals surface area contributed by atoms with Gasteiger partial charge in [-0.2, -0.15) is 0 Å². The Morgan fingerprint density at radius 1 is 1.30 bits per heavy atom. The molecule has 0 bridgehead atoms. The van der Waals surface area contributed by atoms with Crippen molar-refractivity contribution in [3.05, 3.63) is 0 Å². The van der Waals surface area contributed by atoms with Crippen LogP contribution >= 0.6 is 0 Å². The Kier molecular flexibility index (Phi) is 25.3. The van der Waals surface area contributed by atoms with Crippen LogP contribution in [-0.4, -0.2) is 29.6 Å². The van der Waals surface area contributed by atoms with Gasteiger partial charge < -0.3 is 21.1 Å². The van der Waals surface area contributed by atoms with Crippen molar-refractivity contribution >= 4 is 6.16 Å². The second kappa shape index (κ2) is 15.7. The van der Waals surface area contributed by atoms with Crippen molar-refractivity contribution in [1.29, 1.82) is 0 Å². The van der Waals surface area contributed by atoms with E-state index in [0.29, 0.717) is 0 Å². The molecule has 0 aliphatic rings. The lowest BCUT2D eigenvalue weighted by atomic mass is 10.8. The van der Waals surface area contributed by atoms with Gasteiger partial charge in [0.25, 0.3) is 0 Å². The highest BCUT2D eigenvalue weighted by Crippen LogP contribution is 1.64. The summed E-state index contributed by atoms with van der Waals surface area (Å²) in [5.74, 6) is 0. The Balaban J connectivity index is -0.0000000910. The zero-order chi connectivity index (χ0) is 7.70. The third kappa shape index (κ3) is 195. The Labute approximate surface area is 60.2 Å². The van der Waals surface area contributed by atoms with Crippen molar-refractivity contribution in [2.45, 2.75) is 13.8 Å². The number of carboxylic acid groups (broad SMARTS) is 2. The van der Waals surface area contributed by atoms with Crippen LogP contribution in [0.25, 0.3) is 0 Å². The fourth-order valence-electron chi connectivity index (χ4n) is 0.204. The minimum Gasteiger partial charge on any atom is -0.450 e. The van der Waals surface area contributed by atoms with Crippen molar-refractivity contribution in [1.82, 2.24) is 6.15 Å². The highest BCUT2D eigenvalue weighted by atomic mass is 16.6. The number of rotatable bonds is 2. The maximum absolute atomic E-state index is 8.56. The summed E-state index contributed by atoms with van der Waals surface area (Å²) in [4.78, 5) is 8.56. The topological polar surface area (TPSA) is 102 Å². The van der Waals surface area contributed by atoms with Crippen LogP contribution in [0, 0.1) is 0 Å². The molecule has 0 aromatic rings. The van der Waals surface area contributed by atoms with E-state index in [0.717, 1.165) is 13.2 Å². The third-order valence-electron chi connectivity index (χ3n) is 0.408. The molecule has 0 radical (unpaired) electrons. The quantitative estimate of drug-likeness (QED) is 0.556. The number of hydrogen-bond acceptors (Lipinski definition) is 3. The summed E-state index contributed by atoms with van der Waals surface area (Å²) >= 11 is 0. The van der Waals surface area contributed by atoms with Crippen LogP contribution < -0.4 is 6.15 Å². The predicted molar refractivity (Wildman–Crippen MR) is 37.8 cm³/mol. The minimum atomic E-state index is -1.83. The number of carbonyl (C=O) groups is 1. The van der Waals surface area contributed by atoms with Crippen LogP contribution in [0.3, 0.4) is 0 Å². The van der Waals surface area contributed by atoms with Gasteiger partial charge in [-0.1, -0.05) is 0 Å². The summed E-state index contributed by atoms with van der Waals surface area (Å²) in [5, 5.41) is 13.9. The van der Waals surface area contributed by atoms with E-state index in [1.54, 1.807) is 0 Å². The molecular weight excluding hydrogens is 138 g/mol. The van der Waals surface area contributed by atoms with Crippen LogP contribution in [0.4, 0.5) is 4.79 Å². The number of hydrogen-bond donors (Lipinski definition) is 3. The fourth-order valence-corrected chi connectivity index (χ4v) is 0.204. The minimum absolute atomic E-state index is 0. The predicted octanol–water partition coefficient (Wildman–Crippen LogP) is 1.43. The van der Waals surface area contributed by atoms with E-state index in [2.05, 4.69) is 0 Å². The van der Waals surface area contributed by atoms with Crippen LogP contribution in [0.2, 0.25) is 0 Å². The molecule has 0 saturated heterocycles. The Morgan fingerprint density at radius 2 is 1.50 bits per heavy atom. The smallest absolute Gasteiger partial charge is 0.450 e. The normalized spacial score (nSPS) is 6.60. The summed E-state index contributed by atoms with van der Waals surface area (Å²) in [6.07, 6.45) is -1.83. The van der Waals surface area contributed by atoms with Crippen LogP contribution in [0.1, 0.15) is 13.8 Å². The molecule has 0 saturated carbocycles. The molecule has 0 aliphatic carbocycles. The van der Waals surface area contributed by atoms with Gasteiger partial charge in [0, 0.05) is 13.2 Å². The van der Waals surface area contributed by atoms with E-state index < -0.39 is 6.16 Å². The molecule has 0 amide bonds. The fraction of sp³-hybridized carbons (Fsp3) is 0.800. The van der Waals surface area contributed by atoms with Gasteiger partial charge in [-0.3, -0.25) is 0 Å². The first-order valence-corrected chi connectivity index (χ1v) is 2.64. The molecule has 5 nitrogen and oxygen atoms in total. The Bertz CT molecular complexity index is 60.7. The molecule has 0 fully saturated rings. The Hall–Kier alpha value is -0.810. The molecule has 0 spiro atoms. The SMILES string of the molecule is CCOCC.N.O=C(O)O. The van der Waals surface area contributed by atoms with Gasteiger partial charge in [0.15, 0.2) is 0 Å². The molecule has 5 heteroatoms. The lowest BCUT2D eigenvalue weighted by molar-refractivity contribution is 0.137. The highest BCUT2D eigenvalue weighted by Gasteiger charge is 1.70. The first-order chi connectivity index (χ1) is 4.15. The van der Waals surface area contributed by atoms with Crippen molar-refractivity contribution < 1.29 is 19.7 Å². The summed E-state index contributed by atoms with van der Waals surface area (Å²) in [6, 6.07) is 0. The first kappa shape index (κ1) is 16.1.